The molecule has 0 spiro atoms. The highest BCUT2D eigenvalue weighted by atomic mass is 14.0. The summed E-state index contributed by atoms with van der Waals surface area (Å²) in [4.78, 5) is 0. The van der Waals surface area contributed by atoms with Crippen molar-refractivity contribution in [3.8, 4) is 0 Å². The van der Waals surface area contributed by atoms with Gasteiger partial charge < -0.3 is 0 Å². The molecule has 0 N–H and O–H groups in total. The fourth-order valence-electron chi connectivity index (χ4n) is 1.13. The topological polar surface area (TPSA) is 0 Å². The molecule has 0 radical (unpaired) electrons. The number of rotatable bonds is 0. The third kappa shape index (κ3) is 0.781. The molecule has 0 saturated carbocycles. The van der Waals surface area contributed by atoms with E-state index in [-0.39, 0.29) is 0 Å². The molecule has 0 bridgehead atoms. The Hall–Kier alpha value is -1.30. The summed E-state index contributed by atoms with van der Waals surface area (Å²) in [6, 6.07) is 16.7. The van der Waals surface area contributed by atoms with E-state index in [0.717, 1.165) is 0 Å². The summed E-state index contributed by atoms with van der Waals surface area (Å²) >= 11 is 0. The van der Waals surface area contributed by atoms with Crippen molar-refractivity contribution in [2.45, 2.75) is 0 Å². The normalized spacial score (nSPS) is 10.0. The molecule has 0 saturated heterocycles. The van der Waals surface area contributed by atoms with Crippen LogP contribution in [0.2, 0.25) is 0 Å². The summed E-state index contributed by atoms with van der Waals surface area (Å²) < 4.78 is 0. The first-order valence-corrected chi connectivity index (χ1v) is 3.40. The van der Waals surface area contributed by atoms with E-state index in [1.807, 2.05) is 0 Å². The van der Waals surface area contributed by atoms with E-state index < -0.39 is 0 Å². The minimum atomic E-state index is 1.31. The van der Waals surface area contributed by atoms with Gasteiger partial charge in [-0.15, -0.1) is 0 Å². The zero-order chi connectivity index (χ0) is 6.81. The molecule has 0 aliphatic rings. The maximum absolute atomic E-state index is 2.12. The Balaban J connectivity index is 2.89. The molecule has 0 nitrogen and oxygen atoms in total. The van der Waals surface area contributed by atoms with Gasteiger partial charge in [-0.25, -0.2) is 0 Å². The molecular weight excluding hydrogens is 121 g/mol. The van der Waals surface area contributed by atoms with Crippen molar-refractivity contribution >= 4 is 10.8 Å². The second kappa shape index (κ2) is 2.14. The molecule has 0 heteroatoms. The Labute approximate surface area is 60.1 Å². The molecule has 2 aromatic carbocycles. The molecule has 0 aliphatic carbocycles. The highest BCUT2D eigenvalue weighted by Crippen LogP contribution is 2.11. The lowest BCUT2D eigenvalue weighted by atomic mass is 10.2. The first kappa shape index (κ1) is 5.48. The van der Waals surface area contributed by atoms with E-state index >= 15 is 0 Å². The van der Waals surface area contributed by atoms with E-state index in [9.17, 15) is 0 Å². The van der Waals surface area contributed by atoms with Gasteiger partial charge in [0, 0.05) is 0 Å². The number of hydrogen-bond donors (Lipinski definition) is 0. The Morgan fingerprint density at radius 3 is 1.10 bits per heavy atom. The minimum absolute atomic E-state index is 1.31. The maximum Gasteiger partial charge on any atom is -0.0184 e. The summed E-state index contributed by atoms with van der Waals surface area (Å²) in [7, 11) is 0. The van der Waals surface area contributed by atoms with Crippen LogP contribution in [0.1, 0.15) is 0 Å². The predicted octanol–water partition coefficient (Wildman–Crippen LogP) is 2.84. The molecule has 0 aliphatic heterocycles. The van der Waals surface area contributed by atoms with Gasteiger partial charge in [0.2, 0.25) is 0 Å². The van der Waals surface area contributed by atoms with Crippen LogP contribution >= 0.6 is 0 Å². The third-order valence-corrected chi connectivity index (χ3v) is 1.66. The largest absolute Gasteiger partial charge is 0.0616 e. The summed E-state index contributed by atoms with van der Waals surface area (Å²) in [5.41, 5.74) is 0. The highest BCUT2D eigenvalue weighted by molar-refractivity contribution is 5.81. The molecule has 0 amide bonds. The minimum Gasteiger partial charge on any atom is -0.0616 e. The molecule has 0 unspecified atom stereocenters. The van der Waals surface area contributed by atoms with E-state index in [1.54, 1.807) is 0 Å². The standard InChI is InChI=1S/C10H8/c1-2-6-10-8-4-3-7-9(10)5-1/h1-8H/i1+1. The fourth-order valence-corrected chi connectivity index (χ4v) is 1.13. The molecule has 0 fully saturated rings. The van der Waals surface area contributed by atoms with Gasteiger partial charge in [-0.3, -0.25) is 0 Å². The lowest BCUT2D eigenvalue weighted by Gasteiger charge is -1.92. The van der Waals surface area contributed by atoms with Crippen molar-refractivity contribution in [1.29, 1.82) is 0 Å². The second-order valence-electron chi connectivity index (χ2n) is 2.35. The van der Waals surface area contributed by atoms with Crippen molar-refractivity contribution in [2.24, 2.45) is 0 Å². The number of benzene rings is 2. The average molecular weight is 129 g/mol. The van der Waals surface area contributed by atoms with Gasteiger partial charge in [-0.1, -0.05) is 48.5 Å². The second-order valence-corrected chi connectivity index (χ2v) is 2.35. The van der Waals surface area contributed by atoms with Crippen LogP contribution in [0.4, 0.5) is 0 Å². The van der Waals surface area contributed by atoms with E-state index in [1.165, 1.54) is 10.8 Å². The molecule has 48 valence electrons. The monoisotopic (exact) mass is 129 g/mol. The van der Waals surface area contributed by atoms with E-state index in [4.69, 9.17) is 0 Å². The first-order chi connectivity index (χ1) is 4.97. The van der Waals surface area contributed by atoms with Crippen LogP contribution in [-0.4, -0.2) is 0 Å². The van der Waals surface area contributed by atoms with Gasteiger partial charge in [0.25, 0.3) is 0 Å². The van der Waals surface area contributed by atoms with Gasteiger partial charge in [-0.2, -0.15) is 0 Å². The van der Waals surface area contributed by atoms with Crippen LogP contribution in [0.15, 0.2) is 48.5 Å². The quantitative estimate of drug-likeness (QED) is 0.513. The Kier molecular flexibility index (Phi) is 1.17. The van der Waals surface area contributed by atoms with Gasteiger partial charge in [-0.05, 0) is 10.8 Å². The van der Waals surface area contributed by atoms with Crippen LogP contribution in [0.5, 0.6) is 0 Å². The molecule has 2 aromatic rings. The average Bonchev–Trinajstić information content (AvgIpc) is 2.05. The van der Waals surface area contributed by atoms with Gasteiger partial charge in [0.05, 0.1) is 0 Å². The Morgan fingerprint density at radius 2 is 0.800 bits per heavy atom. The van der Waals surface area contributed by atoms with Crippen LogP contribution in [0.3, 0.4) is 0 Å². The highest BCUT2D eigenvalue weighted by Gasteiger charge is 1.85. The molecular formula is C10H8. The van der Waals surface area contributed by atoms with Gasteiger partial charge in [0.1, 0.15) is 0 Å². The third-order valence-electron chi connectivity index (χ3n) is 1.66. The van der Waals surface area contributed by atoms with E-state index in [2.05, 4.69) is 48.5 Å². The van der Waals surface area contributed by atoms with Crippen molar-refractivity contribution < 1.29 is 0 Å². The number of fused-ring (bicyclic) bond motifs is 1. The smallest absolute Gasteiger partial charge is 0.0184 e. The summed E-state index contributed by atoms with van der Waals surface area (Å²) in [6.07, 6.45) is 0. The predicted molar refractivity (Wildman–Crippen MR) is 43.9 cm³/mol. The van der Waals surface area contributed by atoms with Crippen LogP contribution in [-0.2, 0) is 0 Å². The Bertz CT molecular complexity index is 271. The summed E-state index contributed by atoms with van der Waals surface area (Å²) in [5.74, 6) is 0. The molecule has 10 heavy (non-hydrogen) atoms. The summed E-state index contributed by atoms with van der Waals surface area (Å²) in [5, 5.41) is 2.62. The van der Waals surface area contributed by atoms with Crippen LogP contribution < -0.4 is 0 Å². The van der Waals surface area contributed by atoms with Gasteiger partial charge in [0.15, 0.2) is 0 Å². The zero-order valence-corrected chi connectivity index (χ0v) is 5.62. The van der Waals surface area contributed by atoms with Crippen molar-refractivity contribution in [3.05, 3.63) is 48.5 Å². The number of hydrogen-bond acceptors (Lipinski definition) is 0. The van der Waals surface area contributed by atoms with Crippen molar-refractivity contribution in [3.63, 3.8) is 0 Å². The molecule has 0 aromatic heterocycles. The SMILES string of the molecule is c1ccc2c[13cH]ccc2c1. The van der Waals surface area contributed by atoms with Crippen molar-refractivity contribution in [2.75, 3.05) is 0 Å². The zero-order valence-electron chi connectivity index (χ0n) is 5.62. The maximum atomic E-state index is 2.12. The molecule has 2 rings (SSSR count). The lowest BCUT2D eigenvalue weighted by molar-refractivity contribution is 1.75. The lowest BCUT2D eigenvalue weighted by Crippen LogP contribution is -1.67. The van der Waals surface area contributed by atoms with Crippen LogP contribution in [0.25, 0.3) is 10.8 Å². The van der Waals surface area contributed by atoms with E-state index in [0.29, 0.717) is 0 Å². The Morgan fingerprint density at radius 1 is 0.500 bits per heavy atom. The van der Waals surface area contributed by atoms with Gasteiger partial charge >= 0.3 is 0 Å². The molecule has 0 atom stereocenters. The fraction of sp³-hybridized carbons (Fsp3) is 0. The molecule has 0 heterocycles. The van der Waals surface area contributed by atoms with Crippen LogP contribution in [0, 0.1) is 0 Å². The van der Waals surface area contributed by atoms with Crippen molar-refractivity contribution in [1.82, 2.24) is 0 Å². The summed E-state index contributed by atoms with van der Waals surface area (Å²) in [6.45, 7) is 0. The first-order valence-electron chi connectivity index (χ1n) is 3.40.